The van der Waals surface area contributed by atoms with Gasteiger partial charge in [-0.3, -0.25) is 9.45 Å². The summed E-state index contributed by atoms with van der Waals surface area (Å²) in [7, 11) is 6.38. The highest BCUT2D eigenvalue weighted by atomic mass is 16.8. The lowest BCUT2D eigenvalue weighted by molar-refractivity contribution is -0.261. The van der Waals surface area contributed by atoms with Gasteiger partial charge >= 0.3 is 0 Å². The van der Waals surface area contributed by atoms with E-state index >= 15 is 0 Å². The lowest BCUT2D eigenvalue weighted by Gasteiger charge is -2.41. The van der Waals surface area contributed by atoms with Crippen LogP contribution in [0.4, 0.5) is 0 Å². The van der Waals surface area contributed by atoms with Crippen LogP contribution in [0.1, 0.15) is 71.2 Å². The largest absolute Gasteiger partial charge is 0.327 e. The molecule has 1 aliphatic rings. The van der Waals surface area contributed by atoms with E-state index in [2.05, 4.69) is 212 Å². The van der Waals surface area contributed by atoms with Crippen LogP contribution in [0.15, 0.2) is 122 Å². The van der Waals surface area contributed by atoms with E-state index in [0.29, 0.717) is 5.92 Å². The highest BCUT2D eigenvalue weighted by Crippen LogP contribution is 2.42. The maximum absolute atomic E-state index is 5.57. The van der Waals surface area contributed by atoms with Gasteiger partial charge < -0.3 is 9.47 Å². The molecule has 2 aromatic heterocycles. The molecule has 0 saturated carbocycles. The number of nitrogens with one attached hydrogen (secondary N) is 1. The Bertz CT molecular complexity index is 2640. The molecule has 1 atom stereocenters. The van der Waals surface area contributed by atoms with Crippen molar-refractivity contribution in [3.63, 3.8) is 0 Å². The molecule has 60 heavy (non-hydrogen) atoms. The van der Waals surface area contributed by atoms with Crippen molar-refractivity contribution in [2.75, 3.05) is 14.2 Å². The van der Waals surface area contributed by atoms with Crippen molar-refractivity contribution in [3.05, 3.63) is 172 Å². The summed E-state index contributed by atoms with van der Waals surface area (Å²) in [5, 5.41) is 0. The average Bonchev–Trinajstić information content (AvgIpc) is 3.53. The topological polar surface area (TPSA) is 48.7 Å². The van der Waals surface area contributed by atoms with Crippen molar-refractivity contribution in [1.82, 2.24) is 24.9 Å². The van der Waals surface area contributed by atoms with Crippen LogP contribution in [-0.4, -0.2) is 39.8 Å². The molecule has 0 bridgehead atoms. The highest BCUT2D eigenvalue weighted by molar-refractivity contribution is 5.91. The molecule has 1 aliphatic heterocycles. The number of rotatable bonds is 10. The molecule has 0 amide bonds. The molecule has 1 N–H and O–H groups in total. The van der Waals surface area contributed by atoms with Crippen molar-refractivity contribution in [2.24, 2.45) is 13.0 Å². The maximum atomic E-state index is 5.57. The van der Waals surface area contributed by atoms with E-state index in [1.807, 2.05) is 13.2 Å². The van der Waals surface area contributed by atoms with Gasteiger partial charge in [-0.05, 0) is 93.5 Å². The second kappa shape index (κ2) is 17.2. The van der Waals surface area contributed by atoms with Crippen LogP contribution < -0.4 is 5.48 Å². The van der Waals surface area contributed by atoms with Gasteiger partial charge in [0.05, 0.1) is 17.1 Å². The fourth-order valence-corrected chi connectivity index (χ4v) is 9.61. The molecule has 0 fully saturated rings. The molecule has 4 aromatic carbocycles. The van der Waals surface area contributed by atoms with Crippen LogP contribution >= 0.6 is 0 Å². The van der Waals surface area contributed by atoms with Crippen LogP contribution in [-0.2, 0) is 11.5 Å². The number of allylic oxidation sites excluding steroid dienone is 5. The Morgan fingerprint density at radius 3 is 1.92 bits per heavy atom. The maximum Gasteiger partial charge on any atom is 0.265 e. The quantitative estimate of drug-likeness (QED) is 0.111. The van der Waals surface area contributed by atoms with E-state index in [4.69, 9.17) is 9.97 Å². The molecule has 0 spiro atoms. The molecule has 306 valence electrons. The van der Waals surface area contributed by atoms with Gasteiger partial charge in [-0.25, -0.2) is 4.98 Å². The van der Waals surface area contributed by atoms with E-state index in [0.717, 1.165) is 67.8 Å². The summed E-state index contributed by atoms with van der Waals surface area (Å²) >= 11 is 0. The van der Waals surface area contributed by atoms with Gasteiger partial charge in [0.2, 0.25) is 0 Å². The van der Waals surface area contributed by atoms with Crippen molar-refractivity contribution in [3.8, 4) is 44.9 Å². The first kappa shape index (κ1) is 41.9. The monoisotopic (exact) mass is 794 g/mol. The van der Waals surface area contributed by atoms with E-state index in [-0.39, 0.29) is 6.23 Å². The van der Waals surface area contributed by atoms with E-state index in [1.54, 1.807) is 0 Å². The zero-order chi connectivity index (χ0) is 43.0. The van der Waals surface area contributed by atoms with Gasteiger partial charge in [0.15, 0.2) is 7.11 Å². The smallest absolute Gasteiger partial charge is 0.265 e. The summed E-state index contributed by atoms with van der Waals surface area (Å²) < 4.78 is 5.45. The third-order valence-corrected chi connectivity index (χ3v) is 11.9. The van der Waals surface area contributed by atoms with Gasteiger partial charge in [0, 0.05) is 64.8 Å². The minimum absolute atomic E-state index is 0.0900. The molecular formula is C54H60N5O+. The summed E-state index contributed by atoms with van der Waals surface area (Å²) in [6, 6.07) is 33.0. The molecular weight excluding hydrogens is 735 g/mol. The fraction of sp³-hybridized carbons (Fsp3) is 0.259. The van der Waals surface area contributed by atoms with Crippen LogP contribution in [0.3, 0.4) is 0 Å². The lowest BCUT2D eigenvalue weighted by Crippen LogP contribution is -2.51. The Labute approximate surface area is 358 Å². The van der Waals surface area contributed by atoms with E-state index in [9.17, 15) is 0 Å². The van der Waals surface area contributed by atoms with E-state index < -0.39 is 0 Å². The second-order valence-corrected chi connectivity index (χ2v) is 16.6. The van der Waals surface area contributed by atoms with Crippen molar-refractivity contribution < 1.29 is 4.47 Å². The highest BCUT2D eigenvalue weighted by Gasteiger charge is 2.39. The van der Waals surface area contributed by atoms with Gasteiger partial charge in [-0.1, -0.05) is 130 Å². The van der Waals surface area contributed by atoms with Crippen molar-refractivity contribution in [2.45, 2.75) is 68.5 Å². The van der Waals surface area contributed by atoms with E-state index in [1.165, 1.54) is 44.5 Å². The minimum Gasteiger partial charge on any atom is -0.327 e. The Hall–Kier alpha value is -6.24. The molecule has 6 nitrogen and oxygen atoms in total. The summed E-state index contributed by atoms with van der Waals surface area (Å²) in [5.41, 5.74) is 25.1. The minimum atomic E-state index is 0.0900. The Kier molecular flexibility index (Phi) is 12.0. The molecule has 0 radical (unpaired) electrons. The number of nitrogens with zero attached hydrogens (tertiary/aromatic N) is 4. The molecule has 7 rings (SSSR count). The molecule has 3 heterocycles. The van der Waals surface area contributed by atoms with Gasteiger partial charge in [0.1, 0.15) is 11.5 Å². The molecule has 6 aromatic rings. The zero-order valence-corrected chi connectivity index (χ0v) is 37.5. The number of pyridine rings is 1. The van der Waals surface area contributed by atoms with Crippen LogP contribution in [0.2, 0.25) is 0 Å². The predicted octanol–water partition coefficient (Wildman–Crippen LogP) is 12.9. The van der Waals surface area contributed by atoms with Crippen molar-refractivity contribution >= 4 is 17.0 Å². The third kappa shape index (κ3) is 7.68. The van der Waals surface area contributed by atoms with Crippen molar-refractivity contribution in [1.29, 1.82) is 0 Å². The predicted molar refractivity (Wildman–Crippen MR) is 254 cm³/mol. The first-order valence-corrected chi connectivity index (χ1v) is 21.0. The summed E-state index contributed by atoms with van der Waals surface area (Å²) in [4.78, 5) is 12.7. The number of aryl methyl sites for hydroxylation is 5. The number of benzene rings is 4. The normalized spacial score (nSPS) is 15.1. The third-order valence-electron chi connectivity index (χ3n) is 11.9. The number of aromatic nitrogens is 3. The summed E-state index contributed by atoms with van der Waals surface area (Å²) in [6.07, 6.45) is 8.26. The van der Waals surface area contributed by atoms with Gasteiger partial charge in [-0.2, -0.15) is 5.48 Å². The summed E-state index contributed by atoms with van der Waals surface area (Å²) in [5.74, 6) is 1.29. The second-order valence-electron chi connectivity index (χ2n) is 16.6. The standard InChI is InChI=1S/C54H60N5O/c1-14-19-44(20-15-2)51-49(43-27-29-45(30-28-43)52-50(42-21-17-16-18-22-42)57-60(13)54(33(3)4)59(52)12)56-53(58(51)11)47-35(6)31-34(5)46(38(47)9)40-23-25-41(26-24-40)48-36(7)32-37(8)55-39(48)10/h14-33,54,57H,1H2,2-13H3/q+1/b20-15-,44-19+. The number of hydrogen-bond donors (Lipinski definition) is 1. The number of imidazole rings is 1. The lowest BCUT2D eigenvalue weighted by atomic mass is 9.88. The van der Waals surface area contributed by atoms with Crippen LogP contribution in [0.25, 0.3) is 61.9 Å². The Morgan fingerprint density at radius 2 is 1.32 bits per heavy atom. The first-order valence-electron chi connectivity index (χ1n) is 21.0. The fourth-order valence-electron chi connectivity index (χ4n) is 9.61. The molecule has 1 unspecified atom stereocenters. The van der Waals surface area contributed by atoms with Crippen LogP contribution in [0, 0.1) is 47.5 Å². The average molecular weight is 795 g/mol. The molecule has 6 heteroatoms. The van der Waals surface area contributed by atoms with Gasteiger partial charge in [-0.15, -0.1) is 0 Å². The SMILES string of the molecule is C=C/C=C(\C=C/C)c1c(-c2ccc(C3=C(c4ccccc4)N[O+](C)C(C(C)C)N3C)cc2)nc(-c2c(C)cc(C)c(-c3ccc(-c4c(C)cc(C)nc4C)cc3)c2C)n1C. The Balaban J connectivity index is 1.37. The zero-order valence-electron chi connectivity index (χ0n) is 37.5. The Morgan fingerprint density at radius 1 is 0.733 bits per heavy atom. The van der Waals surface area contributed by atoms with Crippen LogP contribution in [0.5, 0.6) is 0 Å². The number of hydroxylamine groups is 1. The molecule has 0 aliphatic carbocycles. The number of hydrogen-bond acceptors (Lipinski definition) is 4. The first-order chi connectivity index (χ1) is 28.7. The summed E-state index contributed by atoms with van der Waals surface area (Å²) in [6.45, 7) is 23.7. The van der Waals surface area contributed by atoms with Gasteiger partial charge in [0.25, 0.3) is 6.23 Å². The molecule has 0 saturated heterocycles.